The van der Waals surface area contributed by atoms with E-state index in [2.05, 4.69) is 5.32 Å². The second kappa shape index (κ2) is 7.44. The smallest absolute Gasteiger partial charge is 0.141 e. The van der Waals surface area contributed by atoms with E-state index in [1.807, 2.05) is 80.6 Å². The quantitative estimate of drug-likeness (QED) is 0.826. The minimum Gasteiger partial charge on any atom is -0.359 e. The summed E-state index contributed by atoms with van der Waals surface area (Å²) in [6.07, 6.45) is 2.45. The fraction of sp³-hybridized carbons (Fsp3) is 0.211. The third-order valence-electron chi connectivity index (χ3n) is 3.23. The van der Waals surface area contributed by atoms with Crippen LogP contribution in [0.4, 0.5) is 5.69 Å². The van der Waals surface area contributed by atoms with Gasteiger partial charge in [-0.3, -0.25) is 4.79 Å². The molecule has 1 N–H and O–H groups in total. The molecule has 2 aromatic rings. The van der Waals surface area contributed by atoms with Crippen LogP contribution in [0.5, 0.6) is 0 Å². The normalized spacial score (nSPS) is 11.5. The molecular formula is C19H21NO. The van der Waals surface area contributed by atoms with E-state index in [-0.39, 0.29) is 11.7 Å². The lowest BCUT2D eigenvalue weighted by molar-refractivity contribution is -0.121. The molecule has 0 amide bonds. The molecule has 0 saturated carbocycles. The zero-order valence-corrected chi connectivity index (χ0v) is 12.5. The maximum absolute atomic E-state index is 12.1. The molecule has 2 nitrogen and oxygen atoms in total. The molecule has 0 aliphatic rings. The number of carbonyl (C=O) groups excluding carboxylic acids is 1. The van der Waals surface area contributed by atoms with Gasteiger partial charge in [-0.25, -0.2) is 0 Å². The van der Waals surface area contributed by atoms with Crippen molar-refractivity contribution in [1.29, 1.82) is 0 Å². The number of ketones is 1. The zero-order chi connectivity index (χ0) is 15.1. The fourth-order valence-electron chi connectivity index (χ4n) is 1.98. The molecule has 0 aromatic heterocycles. The second-order valence-corrected chi connectivity index (χ2v) is 5.37. The van der Waals surface area contributed by atoms with E-state index in [4.69, 9.17) is 0 Å². The number of allylic oxidation sites excluding steroid dienone is 1. The second-order valence-electron chi connectivity index (χ2n) is 5.37. The Morgan fingerprint density at radius 2 is 1.57 bits per heavy atom. The average molecular weight is 279 g/mol. The molecule has 21 heavy (non-hydrogen) atoms. The van der Waals surface area contributed by atoms with E-state index in [0.29, 0.717) is 6.42 Å². The molecule has 0 aliphatic carbocycles. The van der Waals surface area contributed by atoms with Gasteiger partial charge in [0.25, 0.3) is 0 Å². The van der Waals surface area contributed by atoms with Crippen molar-refractivity contribution in [2.24, 2.45) is 5.92 Å². The van der Waals surface area contributed by atoms with Crippen molar-refractivity contribution < 1.29 is 4.79 Å². The molecule has 0 fully saturated rings. The van der Waals surface area contributed by atoms with Gasteiger partial charge in [-0.1, -0.05) is 62.4 Å². The highest BCUT2D eigenvalue weighted by atomic mass is 16.1. The summed E-state index contributed by atoms with van der Waals surface area (Å²) in [6.45, 7) is 3.87. The highest BCUT2D eigenvalue weighted by Gasteiger charge is 2.10. The first kappa shape index (κ1) is 15.0. The van der Waals surface area contributed by atoms with Gasteiger partial charge in [0.05, 0.1) is 0 Å². The summed E-state index contributed by atoms with van der Waals surface area (Å²) in [4.78, 5) is 12.1. The lowest BCUT2D eigenvalue weighted by Crippen LogP contribution is -2.11. The van der Waals surface area contributed by atoms with Gasteiger partial charge >= 0.3 is 0 Å². The molecule has 0 heterocycles. The lowest BCUT2D eigenvalue weighted by Gasteiger charge is -2.12. The number of para-hydroxylation sites is 1. The highest BCUT2D eigenvalue weighted by molar-refractivity contribution is 5.84. The summed E-state index contributed by atoms with van der Waals surface area (Å²) in [7, 11) is 0. The Morgan fingerprint density at radius 3 is 2.14 bits per heavy atom. The number of nitrogens with one attached hydrogen (secondary N) is 1. The summed E-state index contributed by atoms with van der Waals surface area (Å²) >= 11 is 0. The summed E-state index contributed by atoms with van der Waals surface area (Å²) < 4.78 is 0. The fourth-order valence-corrected chi connectivity index (χ4v) is 1.98. The Bertz CT molecular complexity index is 600. The molecular weight excluding hydrogens is 258 g/mol. The summed E-state index contributed by atoms with van der Waals surface area (Å²) in [6, 6.07) is 20.0. The molecule has 0 spiro atoms. The van der Waals surface area contributed by atoms with Crippen LogP contribution in [0.3, 0.4) is 0 Å². The van der Waals surface area contributed by atoms with Gasteiger partial charge in [0.2, 0.25) is 0 Å². The predicted molar refractivity (Wildman–Crippen MR) is 88.9 cm³/mol. The van der Waals surface area contributed by atoms with Crippen LogP contribution in [0.1, 0.15) is 25.8 Å². The van der Waals surface area contributed by atoms with Crippen LogP contribution >= 0.6 is 0 Å². The Hall–Kier alpha value is -2.35. The molecule has 0 radical (unpaired) electrons. The van der Waals surface area contributed by atoms with Crippen molar-refractivity contribution in [3.8, 4) is 0 Å². The van der Waals surface area contributed by atoms with Gasteiger partial charge < -0.3 is 5.32 Å². The minimum atomic E-state index is 0.0433. The van der Waals surface area contributed by atoms with Crippen molar-refractivity contribution in [1.82, 2.24) is 0 Å². The van der Waals surface area contributed by atoms with Gasteiger partial charge in [-0.05, 0) is 23.8 Å². The third kappa shape index (κ3) is 4.92. The maximum Gasteiger partial charge on any atom is 0.141 e. The van der Waals surface area contributed by atoms with Crippen LogP contribution < -0.4 is 5.32 Å². The Labute approximate surface area is 126 Å². The van der Waals surface area contributed by atoms with Crippen LogP contribution in [-0.4, -0.2) is 5.78 Å². The van der Waals surface area contributed by atoms with Crippen LogP contribution in [0.15, 0.2) is 66.4 Å². The standard InChI is InChI=1S/C19H21NO/c1-15(2)19(21)14-18(13-16-9-5-3-6-10-16)20-17-11-7-4-8-12-17/h3-13,15,20H,14H2,1-2H3. The molecule has 2 aromatic carbocycles. The number of anilines is 1. The molecule has 0 saturated heterocycles. The highest BCUT2D eigenvalue weighted by Crippen LogP contribution is 2.17. The number of benzene rings is 2. The number of rotatable bonds is 6. The van der Waals surface area contributed by atoms with Crippen molar-refractivity contribution in [3.05, 3.63) is 71.9 Å². The van der Waals surface area contributed by atoms with Crippen LogP contribution in [-0.2, 0) is 4.79 Å². The van der Waals surface area contributed by atoms with E-state index in [1.54, 1.807) is 0 Å². The van der Waals surface area contributed by atoms with Crippen molar-refractivity contribution in [2.75, 3.05) is 5.32 Å². The van der Waals surface area contributed by atoms with Crippen LogP contribution in [0.25, 0.3) is 6.08 Å². The van der Waals surface area contributed by atoms with Crippen LogP contribution in [0, 0.1) is 5.92 Å². The van der Waals surface area contributed by atoms with Crippen molar-refractivity contribution in [3.63, 3.8) is 0 Å². The first-order valence-corrected chi connectivity index (χ1v) is 7.25. The molecule has 0 unspecified atom stereocenters. The predicted octanol–water partition coefficient (Wildman–Crippen LogP) is 4.75. The van der Waals surface area contributed by atoms with Crippen molar-refractivity contribution in [2.45, 2.75) is 20.3 Å². The summed E-state index contributed by atoms with van der Waals surface area (Å²) in [5.74, 6) is 0.280. The SMILES string of the molecule is CC(C)C(=O)CC(=Cc1ccccc1)Nc1ccccc1. The molecule has 2 rings (SSSR count). The van der Waals surface area contributed by atoms with E-state index in [1.165, 1.54) is 0 Å². The van der Waals surface area contributed by atoms with Crippen LogP contribution in [0.2, 0.25) is 0 Å². The van der Waals surface area contributed by atoms with Gasteiger partial charge in [0, 0.05) is 23.7 Å². The van der Waals surface area contributed by atoms with E-state index in [0.717, 1.165) is 16.9 Å². The third-order valence-corrected chi connectivity index (χ3v) is 3.23. The van der Waals surface area contributed by atoms with E-state index >= 15 is 0 Å². The number of carbonyl (C=O) groups is 1. The number of hydrogen-bond acceptors (Lipinski definition) is 2. The van der Waals surface area contributed by atoms with Gasteiger partial charge in [0.1, 0.15) is 5.78 Å². The summed E-state index contributed by atoms with van der Waals surface area (Å²) in [5, 5.41) is 3.35. The van der Waals surface area contributed by atoms with Gasteiger partial charge in [-0.2, -0.15) is 0 Å². The van der Waals surface area contributed by atoms with Gasteiger partial charge in [0.15, 0.2) is 0 Å². The molecule has 0 atom stereocenters. The molecule has 108 valence electrons. The Kier molecular flexibility index (Phi) is 5.33. The number of hydrogen-bond donors (Lipinski definition) is 1. The van der Waals surface area contributed by atoms with Crippen molar-refractivity contribution >= 4 is 17.5 Å². The first-order chi connectivity index (χ1) is 10.1. The largest absolute Gasteiger partial charge is 0.359 e. The average Bonchev–Trinajstić information content (AvgIpc) is 2.49. The Morgan fingerprint density at radius 1 is 1.00 bits per heavy atom. The number of Topliss-reactive ketones (excluding diaryl/α,β-unsaturated/α-hetero) is 1. The van der Waals surface area contributed by atoms with Gasteiger partial charge in [-0.15, -0.1) is 0 Å². The molecule has 0 aliphatic heterocycles. The topological polar surface area (TPSA) is 29.1 Å². The zero-order valence-electron chi connectivity index (χ0n) is 12.5. The first-order valence-electron chi connectivity index (χ1n) is 7.25. The minimum absolute atomic E-state index is 0.0433. The summed E-state index contributed by atoms with van der Waals surface area (Å²) in [5.41, 5.74) is 3.01. The Balaban J connectivity index is 2.22. The van der Waals surface area contributed by atoms with E-state index < -0.39 is 0 Å². The lowest BCUT2D eigenvalue weighted by atomic mass is 10.0. The maximum atomic E-state index is 12.1. The monoisotopic (exact) mass is 279 g/mol. The molecule has 2 heteroatoms. The van der Waals surface area contributed by atoms with E-state index in [9.17, 15) is 4.79 Å². The molecule has 0 bridgehead atoms.